The largest absolute Gasteiger partial charge is 0.394 e. The molecule has 0 bridgehead atoms. The lowest BCUT2D eigenvalue weighted by Gasteiger charge is -2.48. The molecule has 3 rings (SSSR count). The van der Waals surface area contributed by atoms with E-state index >= 15 is 0 Å². The maximum atomic E-state index is 13.4. The fourth-order valence-electron chi connectivity index (χ4n) is 12.6. The standard InChI is InChI=1S/C76H137NO18/c1-3-5-7-9-11-13-15-17-19-20-21-22-23-24-25-26-27-28-29-30-31-32-33-34-35-36-37-38-40-42-44-46-48-50-52-54-64(82)77-59(60(81)53-51-49-47-45-43-41-39-18-16-14-12-10-8-6-4-2)58-90-74-70(88)67(85)72(62(56-79)92-74)95-76-71(89)68(86)73(63(57-80)93-76)94-75-69(87)66(84)65(83)61(55-78)91-75/h15,17,20-21,23-24,43,45,51,53,59-63,65-76,78-81,83-89H,3-14,16,18-19,22,25-42,44,46-50,52,54-58H2,1-2H3,(H,77,82)/b17-15-,21-20-,24-23-,45-43+,53-51+. The summed E-state index contributed by atoms with van der Waals surface area (Å²) in [5.74, 6) is -0.283. The van der Waals surface area contributed by atoms with Crippen molar-refractivity contribution < 1.29 is 89.4 Å². The summed E-state index contributed by atoms with van der Waals surface area (Å²) in [4.78, 5) is 13.4. The van der Waals surface area contributed by atoms with Gasteiger partial charge < -0.3 is 89.9 Å². The summed E-state index contributed by atoms with van der Waals surface area (Å²) in [6.07, 6.45) is 45.1. The van der Waals surface area contributed by atoms with Gasteiger partial charge in [0.15, 0.2) is 18.9 Å². The molecule has 17 atom stereocenters. The third-order valence-corrected chi connectivity index (χ3v) is 18.8. The van der Waals surface area contributed by atoms with Gasteiger partial charge in [-0.1, -0.05) is 267 Å². The second-order valence-electron chi connectivity index (χ2n) is 27.1. The van der Waals surface area contributed by atoms with Gasteiger partial charge in [-0.25, -0.2) is 0 Å². The van der Waals surface area contributed by atoms with Crippen molar-refractivity contribution in [2.75, 3.05) is 26.4 Å². The average molecular weight is 1350 g/mol. The molecule has 554 valence electrons. The second kappa shape index (κ2) is 57.2. The molecule has 0 aromatic rings. The first kappa shape index (κ1) is 86.7. The number of amides is 1. The van der Waals surface area contributed by atoms with E-state index in [-0.39, 0.29) is 18.9 Å². The van der Waals surface area contributed by atoms with Crippen molar-refractivity contribution in [3.63, 3.8) is 0 Å². The molecular formula is C76H137NO18. The highest BCUT2D eigenvalue weighted by Crippen LogP contribution is 2.33. The molecule has 19 nitrogen and oxygen atoms in total. The zero-order chi connectivity index (χ0) is 68.9. The molecule has 3 heterocycles. The molecule has 3 saturated heterocycles. The number of unbranched alkanes of at least 4 members (excludes halogenated alkanes) is 35. The Kier molecular flexibility index (Phi) is 52.2. The molecule has 0 aliphatic carbocycles. The smallest absolute Gasteiger partial charge is 0.220 e. The topological polar surface area (TPSA) is 307 Å². The van der Waals surface area contributed by atoms with Crippen LogP contribution in [-0.2, 0) is 33.2 Å². The molecule has 0 aromatic heterocycles. The first-order valence-corrected chi connectivity index (χ1v) is 38.0. The molecule has 95 heavy (non-hydrogen) atoms. The fourth-order valence-corrected chi connectivity index (χ4v) is 12.6. The van der Waals surface area contributed by atoms with E-state index in [0.29, 0.717) is 12.8 Å². The molecule has 0 aromatic carbocycles. The van der Waals surface area contributed by atoms with E-state index in [4.69, 9.17) is 28.4 Å². The quantitative estimate of drug-likeness (QED) is 0.0199. The highest BCUT2D eigenvalue weighted by molar-refractivity contribution is 5.76. The number of aliphatic hydroxyl groups excluding tert-OH is 11. The lowest BCUT2D eigenvalue weighted by molar-refractivity contribution is -0.379. The SMILES string of the molecule is CCCCCCC/C=C\C/C=C\C/C=C\CCCCCCCCCCCCCCCCCCCCCCC(=O)NC(COC1OC(CO)C(OC2OC(CO)C(OC3OC(CO)C(O)C(O)C3O)C(O)C2O)C(O)C1O)C(O)/C=C/CC/C=C/CCCCCCCCCCC. The molecule has 0 spiro atoms. The van der Waals surface area contributed by atoms with E-state index in [2.05, 4.69) is 67.8 Å². The van der Waals surface area contributed by atoms with Crippen LogP contribution >= 0.6 is 0 Å². The van der Waals surface area contributed by atoms with E-state index in [9.17, 15) is 61.0 Å². The van der Waals surface area contributed by atoms with Crippen LogP contribution in [0, 0.1) is 0 Å². The van der Waals surface area contributed by atoms with Gasteiger partial charge in [-0.3, -0.25) is 4.79 Å². The summed E-state index contributed by atoms with van der Waals surface area (Å²) >= 11 is 0. The van der Waals surface area contributed by atoms with Crippen molar-refractivity contribution in [3.05, 3.63) is 60.8 Å². The zero-order valence-corrected chi connectivity index (χ0v) is 58.9. The van der Waals surface area contributed by atoms with Crippen LogP contribution in [0.25, 0.3) is 0 Å². The Morgan fingerprint density at radius 2 is 0.705 bits per heavy atom. The highest BCUT2D eigenvalue weighted by Gasteiger charge is 2.53. The number of ether oxygens (including phenoxy) is 6. The second-order valence-corrected chi connectivity index (χ2v) is 27.1. The van der Waals surface area contributed by atoms with Gasteiger partial charge in [-0.15, -0.1) is 0 Å². The molecule has 3 fully saturated rings. The third-order valence-electron chi connectivity index (χ3n) is 18.8. The van der Waals surface area contributed by atoms with Crippen LogP contribution in [0.15, 0.2) is 60.8 Å². The number of rotatable bonds is 59. The van der Waals surface area contributed by atoms with E-state index in [1.165, 1.54) is 199 Å². The minimum Gasteiger partial charge on any atom is -0.394 e. The van der Waals surface area contributed by atoms with Crippen molar-refractivity contribution >= 4 is 5.91 Å². The Balaban J connectivity index is 1.34. The summed E-state index contributed by atoms with van der Waals surface area (Å²) in [5, 5.41) is 121. The summed E-state index contributed by atoms with van der Waals surface area (Å²) in [5.41, 5.74) is 0. The number of nitrogens with one attached hydrogen (secondary N) is 1. The monoisotopic (exact) mass is 1350 g/mol. The fraction of sp³-hybridized carbons (Fsp3) is 0.855. The van der Waals surface area contributed by atoms with Crippen molar-refractivity contribution in [1.82, 2.24) is 5.32 Å². The van der Waals surface area contributed by atoms with Gasteiger partial charge in [-0.05, 0) is 70.6 Å². The van der Waals surface area contributed by atoms with E-state index in [1.807, 2.05) is 6.08 Å². The van der Waals surface area contributed by atoms with Gasteiger partial charge in [-0.2, -0.15) is 0 Å². The number of carbonyl (C=O) groups excluding carboxylic acids is 1. The predicted molar refractivity (Wildman–Crippen MR) is 374 cm³/mol. The van der Waals surface area contributed by atoms with Crippen molar-refractivity contribution in [1.29, 1.82) is 0 Å². The molecule has 0 saturated carbocycles. The number of carbonyl (C=O) groups is 1. The summed E-state index contributed by atoms with van der Waals surface area (Å²) < 4.78 is 34.3. The van der Waals surface area contributed by atoms with Crippen LogP contribution < -0.4 is 5.32 Å². The maximum Gasteiger partial charge on any atom is 0.220 e. The molecule has 17 unspecified atom stereocenters. The van der Waals surface area contributed by atoms with Crippen LogP contribution in [0.3, 0.4) is 0 Å². The van der Waals surface area contributed by atoms with Crippen LogP contribution in [0.4, 0.5) is 0 Å². The average Bonchev–Trinajstić information content (AvgIpc) is 0.799. The Hall–Kier alpha value is -2.51. The van der Waals surface area contributed by atoms with E-state index in [0.717, 1.165) is 51.4 Å². The molecule has 19 heteroatoms. The first-order valence-electron chi connectivity index (χ1n) is 38.0. The lowest BCUT2D eigenvalue weighted by Crippen LogP contribution is -2.66. The lowest BCUT2D eigenvalue weighted by atomic mass is 9.96. The predicted octanol–water partition coefficient (Wildman–Crippen LogP) is 11.5. The van der Waals surface area contributed by atoms with Gasteiger partial charge in [0.05, 0.1) is 38.6 Å². The van der Waals surface area contributed by atoms with Gasteiger partial charge in [0.25, 0.3) is 0 Å². The molecule has 1 amide bonds. The highest BCUT2D eigenvalue weighted by atomic mass is 16.8. The minimum absolute atomic E-state index is 0.236. The van der Waals surface area contributed by atoms with Crippen molar-refractivity contribution in [2.24, 2.45) is 0 Å². The Morgan fingerprint density at radius 1 is 0.379 bits per heavy atom. The van der Waals surface area contributed by atoms with Crippen LogP contribution in [0.2, 0.25) is 0 Å². The Bertz CT molecular complexity index is 1950. The van der Waals surface area contributed by atoms with Crippen molar-refractivity contribution in [2.45, 2.75) is 388 Å². The molecule has 3 aliphatic rings. The summed E-state index contributed by atoms with van der Waals surface area (Å²) in [6.45, 7) is 1.71. The Labute approximate surface area is 573 Å². The summed E-state index contributed by atoms with van der Waals surface area (Å²) in [7, 11) is 0. The van der Waals surface area contributed by atoms with Crippen LogP contribution in [0.1, 0.15) is 284 Å². The minimum atomic E-state index is -1.98. The molecule has 0 radical (unpaired) electrons. The molecule has 3 aliphatic heterocycles. The number of aliphatic hydroxyl groups is 11. The van der Waals surface area contributed by atoms with E-state index < -0.39 is 124 Å². The maximum absolute atomic E-state index is 13.4. The zero-order valence-electron chi connectivity index (χ0n) is 58.9. The van der Waals surface area contributed by atoms with Gasteiger partial charge >= 0.3 is 0 Å². The van der Waals surface area contributed by atoms with Gasteiger partial charge in [0.2, 0.25) is 5.91 Å². The molecular weight excluding hydrogens is 1210 g/mol. The Morgan fingerprint density at radius 3 is 1.13 bits per heavy atom. The number of hydrogen-bond donors (Lipinski definition) is 12. The molecule has 12 N–H and O–H groups in total. The van der Waals surface area contributed by atoms with E-state index in [1.54, 1.807) is 6.08 Å². The van der Waals surface area contributed by atoms with Crippen molar-refractivity contribution in [3.8, 4) is 0 Å². The van der Waals surface area contributed by atoms with Gasteiger partial charge in [0, 0.05) is 6.42 Å². The first-order chi connectivity index (χ1) is 46.3. The van der Waals surface area contributed by atoms with Crippen LogP contribution in [-0.4, -0.2) is 193 Å². The van der Waals surface area contributed by atoms with Crippen LogP contribution in [0.5, 0.6) is 0 Å². The number of allylic oxidation sites excluding steroid dienone is 9. The summed E-state index contributed by atoms with van der Waals surface area (Å²) in [6, 6.07) is -0.990. The number of hydrogen-bond acceptors (Lipinski definition) is 18. The normalized spacial score (nSPS) is 27.5. The van der Waals surface area contributed by atoms with Gasteiger partial charge in [0.1, 0.15) is 73.2 Å². The third kappa shape index (κ3) is 38.2.